The summed E-state index contributed by atoms with van der Waals surface area (Å²) in [5.74, 6) is 0. The Balaban J connectivity index is 1.86. The first kappa shape index (κ1) is 6.09. The van der Waals surface area contributed by atoms with Crippen molar-refractivity contribution in [2.75, 3.05) is 0 Å². The van der Waals surface area contributed by atoms with Crippen molar-refractivity contribution < 1.29 is 0 Å². The monoisotopic (exact) mass is 112 g/mol. The number of hydrogen-bond acceptors (Lipinski definition) is 1. The molecule has 47 valence electrons. The van der Waals surface area contributed by atoms with Gasteiger partial charge in [0.1, 0.15) is 0 Å². The van der Waals surface area contributed by atoms with Crippen molar-refractivity contribution in [3.63, 3.8) is 0 Å². The standard InChI is InChI=1S/C7H14N/c1-2-6-8-7-4-3-5-7/h6-8H,2-5H2,1H3. The molecule has 0 aromatic carbocycles. The van der Waals surface area contributed by atoms with Gasteiger partial charge in [0.05, 0.1) is 0 Å². The smallest absolute Gasteiger partial charge is 0.0221 e. The van der Waals surface area contributed by atoms with Crippen molar-refractivity contribution in [3.8, 4) is 0 Å². The lowest BCUT2D eigenvalue weighted by Gasteiger charge is -2.25. The van der Waals surface area contributed by atoms with Crippen LogP contribution in [-0.2, 0) is 0 Å². The van der Waals surface area contributed by atoms with Crippen molar-refractivity contribution in [1.82, 2.24) is 5.32 Å². The van der Waals surface area contributed by atoms with Crippen LogP contribution >= 0.6 is 0 Å². The Bertz CT molecular complexity index is 57.4. The minimum Gasteiger partial charge on any atom is -0.310 e. The predicted molar refractivity (Wildman–Crippen MR) is 35.4 cm³/mol. The van der Waals surface area contributed by atoms with E-state index in [2.05, 4.69) is 18.8 Å². The molecule has 0 aromatic rings. The second-order valence-electron chi connectivity index (χ2n) is 2.41. The Kier molecular flexibility index (Phi) is 2.34. The molecule has 1 fully saturated rings. The molecule has 1 aliphatic carbocycles. The maximum Gasteiger partial charge on any atom is 0.0221 e. The summed E-state index contributed by atoms with van der Waals surface area (Å²) in [7, 11) is 0. The SMILES string of the molecule is CC[CH]NC1CCC1. The fraction of sp³-hybridized carbons (Fsp3) is 0.857. The van der Waals surface area contributed by atoms with E-state index < -0.39 is 0 Å². The van der Waals surface area contributed by atoms with Crippen LogP contribution in [0.15, 0.2) is 0 Å². The Hall–Kier alpha value is -0.0400. The van der Waals surface area contributed by atoms with Crippen molar-refractivity contribution >= 4 is 0 Å². The van der Waals surface area contributed by atoms with Crippen molar-refractivity contribution in [3.05, 3.63) is 6.54 Å². The zero-order valence-corrected chi connectivity index (χ0v) is 5.48. The van der Waals surface area contributed by atoms with Gasteiger partial charge in [-0.15, -0.1) is 0 Å². The lowest BCUT2D eigenvalue weighted by Crippen LogP contribution is -2.32. The van der Waals surface area contributed by atoms with Crippen LogP contribution < -0.4 is 5.32 Å². The molecule has 0 spiro atoms. The Morgan fingerprint density at radius 2 is 2.38 bits per heavy atom. The van der Waals surface area contributed by atoms with Crippen LogP contribution in [0.25, 0.3) is 0 Å². The van der Waals surface area contributed by atoms with Gasteiger partial charge in [-0.2, -0.15) is 0 Å². The van der Waals surface area contributed by atoms with Gasteiger partial charge in [-0.1, -0.05) is 13.3 Å². The molecule has 0 aromatic heterocycles. The van der Waals surface area contributed by atoms with E-state index in [1.54, 1.807) is 0 Å². The molecular formula is C7H14N. The molecule has 1 nitrogen and oxygen atoms in total. The molecule has 0 heterocycles. The number of rotatable bonds is 3. The van der Waals surface area contributed by atoms with Gasteiger partial charge in [-0.05, 0) is 19.3 Å². The second-order valence-corrected chi connectivity index (χ2v) is 2.41. The third-order valence-electron chi connectivity index (χ3n) is 1.66. The van der Waals surface area contributed by atoms with Crippen molar-refractivity contribution in [2.45, 2.75) is 38.6 Å². The topological polar surface area (TPSA) is 12.0 Å². The van der Waals surface area contributed by atoms with E-state index in [0.717, 1.165) is 12.5 Å². The minimum atomic E-state index is 0.829. The average molecular weight is 112 g/mol. The number of hydrogen-bond donors (Lipinski definition) is 1. The largest absolute Gasteiger partial charge is 0.310 e. The molecule has 0 atom stereocenters. The summed E-state index contributed by atoms with van der Waals surface area (Å²) in [5, 5.41) is 3.34. The van der Waals surface area contributed by atoms with Gasteiger partial charge in [-0.25, -0.2) is 0 Å². The lowest BCUT2D eigenvalue weighted by molar-refractivity contribution is 0.359. The molecule has 0 unspecified atom stereocenters. The van der Waals surface area contributed by atoms with Crippen LogP contribution in [0.1, 0.15) is 32.6 Å². The van der Waals surface area contributed by atoms with Gasteiger partial charge in [-0.3, -0.25) is 0 Å². The van der Waals surface area contributed by atoms with E-state index in [1.807, 2.05) is 0 Å². The summed E-state index contributed by atoms with van der Waals surface area (Å²) in [4.78, 5) is 0. The van der Waals surface area contributed by atoms with Gasteiger partial charge < -0.3 is 5.32 Å². The Labute approximate surface area is 51.5 Å². The van der Waals surface area contributed by atoms with Gasteiger partial charge in [0.2, 0.25) is 0 Å². The van der Waals surface area contributed by atoms with Crippen molar-refractivity contribution in [1.29, 1.82) is 0 Å². The molecule has 1 heteroatoms. The summed E-state index contributed by atoms with van der Waals surface area (Å²) in [6.07, 6.45) is 5.35. The van der Waals surface area contributed by atoms with Crippen LogP contribution in [0, 0.1) is 6.54 Å². The van der Waals surface area contributed by atoms with Gasteiger partial charge >= 0.3 is 0 Å². The first-order chi connectivity index (χ1) is 3.93. The molecule has 0 amide bonds. The van der Waals surface area contributed by atoms with E-state index in [1.165, 1.54) is 19.3 Å². The van der Waals surface area contributed by atoms with E-state index in [0.29, 0.717) is 0 Å². The highest BCUT2D eigenvalue weighted by Crippen LogP contribution is 2.17. The highest BCUT2D eigenvalue weighted by molar-refractivity contribution is 4.79. The number of nitrogens with one attached hydrogen (secondary N) is 1. The quantitative estimate of drug-likeness (QED) is 0.586. The summed E-state index contributed by atoms with van der Waals surface area (Å²) in [6, 6.07) is 0.829. The molecule has 8 heavy (non-hydrogen) atoms. The van der Waals surface area contributed by atoms with E-state index in [9.17, 15) is 0 Å². The van der Waals surface area contributed by atoms with E-state index in [4.69, 9.17) is 0 Å². The van der Waals surface area contributed by atoms with Crippen LogP contribution in [0.2, 0.25) is 0 Å². The summed E-state index contributed by atoms with van der Waals surface area (Å²) < 4.78 is 0. The highest BCUT2D eigenvalue weighted by Gasteiger charge is 2.14. The van der Waals surface area contributed by atoms with E-state index in [-0.39, 0.29) is 0 Å². The zero-order chi connectivity index (χ0) is 5.82. The van der Waals surface area contributed by atoms with E-state index >= 15 is 0 Å². The Morgan fingerprint density at radius 1 is 1.62 bits per heavy atom. The normalized spacial score (nSPS) is 20.6. The minimum absolute atomic E-state index is 0.829. The maximum atomic E-state index is 3.34. The summed E-state index contributed by atoms with van der Waals surface area (Å²) >= 11 is 0. The summed E-state index contributed by atoms with van der Waals surface area (Å²) in [6.45, 7) is 4.31. The second kappa shape index (κ2) is 3.08. The van der Waals surface area contributed by atoms with Crippen molar-refractivity contribution in [2.24, 2.45) is 0 Å². The molecular weight excluding hydrogens is 98.1 g/mol. The Morgan fingerprint density at radius 3 is 2.75 bits per heavy atom. The molecule has 1 radical (unpaired) electrons. The van der Waals surface area contributed by atoms with Crippen LogP contribution in [0.4, 0.5) is 0 Å². The molecule has 0 saturated heterocycles. The third kappa shape index (κ3) is 1.48. The first-order valence-corrected chi connectivity index (χ1v) is 3.51. The fourth-order valence-corrected chi connectivity index (χ4v) is 0.859. The van der Waals surface area contributed by atoms with Gasteiger partial charge in [0.25, 0.3) is 0 Å². The third-order valence-corrected chi connectivity index (χ3v) is 1.66. The summed E-state index contributed by atoms with van der Waals surface area (Å²) in [5.41, 5.74) is 0. The van der Waals surface area contributed by atoms with Crippen LogP contribution in [0.3, 0.4) is 0 Å². The van der Waals surface area contributed by atoms with Crippen LogP contribution in [-0.4, -0.2) is 6.04 Å². The molecule has 0 bridgehead atoms. The van der Waals surface area contributed by atoms with Gasteiger partial charge in [0, 0.05) is 12.6 Å². The maximum absolute atomic E-state index is 3.34. The zero-order valence-electron chi connectivity index (χ0n) is 5.48. The lowest BCUT2D eigenvalue weighted by atomic mass is 9.93. The van der Waals surface area contributed by atoms with Crippen LogP contribution in [0.5, 0.6) is 0 Å². The molecule has 1 saturated carbocycles. The predicted octanol–water partition coefficient (Wildman–Crippen LogP) is 1.70. The fourth-order valence-electron chi connectivity index (χ4n) is 0.859. The molecule has 1 aliphatic rings. The molecule has 1 N–H and O–H groups in total. The highest BCUT2D eigenvalue weighted by atomic mass is 14.9. The average Bonchev–Trinajstić information content (AvgIpc) is 1.63. The molecule has 0 aliphatic heterocycles. The van der Waals surface area contributed by atoms with Gasteiger partial charge in [0.15, 0.2) is 0 Å². The first-order valence-electron chi connectivity index (χ1n) is 3.51. The molecule has 1 rings (SSSR count).